The van der Waals surface area contributed by atoms with E-state index in [1.54, 1.807) is 18.2 Å². The zero-order chi connectivity index (χ0) is 19.0. The van der Waals surface area contributed by atoms with Crippen molar-refractivity contribution < 1.29 is 74.2 Å². The second-order valence-electron chi connectivity index (χ2n) is 6.35. The summed E-state index contributed by atoms with van der Waals surface area (Å²) >= 11 is 0. The molecule has 0 saturated carbocycles. The summed E-state index contributed by atoms with van der Waals surface area (Å²) in [6.45, 7) is 2.18. The quantitative estimate of drug-likeness (QED) is 0.362. The molecule has 0 aromatic heterocycles. The monoisotopic (exact) mass is 416 g/mol. The molecule has 5 nitrogen and oxygen atoms in total. The third-order valence-corrected chi connectivity index (χ3v) is 5.03. The van der Waals surface area contributed by atoms with E-state index >= 15 is 0 Å². The average molecular weight is 417 g/mol. The van der Waals surface area contributed by atoms with Crippen LogP contribution in [-0.4, -0.2) is 13.0 Å². The van der Waals surface area contributed by atoms with Crippen molar-refractivity contribution in [1.82, 2.24) is 0 Å². The van der Waals surface area contributed by atoms with E-state index in [4.69, 9.17) is 4.74 Å². The van der Waals surface area contributed by atoms with Gasteiger partial charge in [-0.05, 0) is 42.7 Å². The van der Waals surface area contributed by atoms with Crippen LogP contribution in [0.15, 0.2) is 47.4 Å². The maximum Gasteiger partial charge on any atom is 1.00 e. The van der Waals surface area contributed by atoms with Crippen molar-refractivity contribution in [3.63, 3.8) is 0 Å². The Hall–Kier alpha value is -0.414. The summed E-state index contributed by atoms with van der Waals surface area (Å²) < 4.78 is 38.2. The van der Waals surface area contributed by atoms with Gasteiger partial charge in [0.2, 0.25) is 0 Å². The molecule has 0 spiro atoms. The number of hydrogen-bond acceptors (Lipinski definition) is 4. The summed E-state index contributed by atoms with van der Waals surface area (Å²) in [5, 5.41) is 11.4. The van der Waals surface area contributed by atoms with Crippen LogP contribution in [0.1, 0.15) is 51.0 Å². The number of ether oxygens (including phenoxy) is 1. The molecule has 0 unspecified atom stereocenters. The minimum absolute atomic E-state index is 0. The van der Waals surface area contributed by atoms with Crippen molar-refractivity contribution in [2.45, 2.75) is 56.8 Å². The Balaban J connectivity index is 0.00000364. The van der Waals surface area contributed by atoms with Gasteiger partial charge in [0.25, 0.3) is 10.1 Å². The molecule has 0 aliphatic rings. The van der Waals surface area contributed by atoms with E-state index in [0.29, 0.717) is 0 Å². The zero-order valence-electron chi connectivity index (χ0n) is 16.0. The van der Waals surface area contributed by atoms with Gasteiger partial charge in [0, 0.05) is 0 Å². The molecule has 2 aromatic rings. The van der Waals surface area contributed by atoms with Gasteiger partial charge in [0.15, 0.2) is 0 Å². The molecule has 0 amide bonds. The van der Waals surface area contributed by atoms with Gasteiger partial charge in [-0.25, -0.2) is 0 Å². The van der Waals surface area contributed by atoms with E-state index in [1.165, 1.54) is 49.9 Å². The molecule has 0 aliphatic heterocycles. The standard InChI is InChI=1S/C20H26O5S.K/c1-2-3-4-5-6-7-9-16-12-13-20(26(22,23)24)19(14-16)25-18-11-8-10-17(21)15-18;/h8,10-15,21H,2-7,9H2,1H3,(H,22,23,24);/q;+1/p-1. The van der Waals surface area contributed by atoms with Crippen molar-refractivity contribution >= 4 is 10.1 Å². The first-order valence-corrected chi connectivity index (χ1v) is 10.4. The molecule has 0 aliphatic carbocycles. The zero-order valence-corrected chi connectivity index (χ0v) is 19.9. The first-order valence-electron chi connectivity index (χ1n) is 8.95. The summed E-state index contributed by atoms with van der Waals surface area (Å²) in [4.78, 5) is -0.305. The molecule has 0 atom stereocenters. The summed E-state index contributed by atoms with van der Waals surface area (Å²) in [6.07, 6.45) is 7.81. The molecular weight excluding hydrogens is 391 g/mol. The number of hydrogen-bond donors (Lipinski definition) is 1. The molecule has 27 heavy (non-hydrogen) atoms. The normalized spacial score (nSPS) is 11.0. The van der Waals surface area contributed by atoms with E-state index in [1.807, 2.05) is 0 Å². The van der Waals surface area contributed by atoms with E-state index < -0.39 is 10.1 Å². The fraction of sp³-hybridized carbons (Fsp3) is 0.400. The molecule has 2 rings (SSSR count). The molecule has 1 N–H and O–H groups in total. The Morgan fingerprint density at radius 3 is 2.37 bits per heavy atom. The minimum Gasteiger partial charge on any atom is -0.872 e. The summed E-state index contributed by atoms with van der Waals surface area (Å²) in [6, 6.07) is 10.4. The first-order chi connectivity index (χ1) is 12.4. The Labute approximate surface area is 204 Å². The Morgan fingerprint density at radius 1 is 1.00 bits per heavy atom. The smallest absolute Gasteiger partial charge is 0.872 e. The molecule has 142 valence electrons. The Kier molecular flexibility index (Phi) is 11.1. The van der Waals surface area contributed by atoms with Gasteiger partial charge < -0.3 is 9.84 Å². The molecular formula is C20H25KO5S. The van der Waals surface area contributed by atoms with E-state index in [9.17, 15) is 18.1 Å². The Bertz CT molecular complexity index is 821. The second kappa shape index (κ2) is 12.2. The molecule has 0 radical (unpaired) electrons. The number of rotatable bonds is 10. The van der Waals surface area contributed by atoms with Gasteiger partial charge >= 0.3 is 51.4 Å². The first kappa shape index (κ1) is 24.6. The molecule has 0 heterocycles. The van der Waals surface area contributed by atoms with Crippen LogP contribution < -0.4 is 61.2 Å². The van der Waals surface area contributed by atoms with Crippen LogP contribution in [0.2, 0.25) is 0 Å². The van der Waals surface area contributed by atoms with Gasteiger partial charge in [-0.2, -0.15) is 8.42 Å². The van der Waals surface area contributed by atoms with Crippen molar-refractivity contribution in [2.24, 2.45) is 0 Å². The second-order valence-corrected chi connectivity index (χ2v) is 7.74. The topological polar surface area (TPSA) is 86.7 Å². The number of unbranched alkanes of at least 4 members (excludes halogenated alkanes) is 5. The van der Waals surface area contributed by atoms with Gasteiger partial charge in [-0.3, -0.25) is 4.55 Å². The molecule has 7 heteroatoms. The van der Waals surface area contributed by atoms with Crippen molar-refractivity contribution in [2.75, 3.05) is 0 Å². The van der Waals surface area contributed by atoms with E-state index in [0.717, 1.165) is 24.8 Å². The van der Waals surface area contributed by atoms with E-state index in [-0.39, 0.29) is 73.5 Å². The minimum atomic E-state index is -4.42. The summed E-state index contributed by atoms with van der Waals surface area (Å²) in [7, 11) is -4.42. The van der Waals surface area contributed by atoms with Crippen LogP contribution in [0.3, 0.4) is 0 Å². The van der Waals surface area contributed by atoms with Crippen LogP contribution >= 0.6 is 0 Å². The van der Waals surface area contributed by atoms with Gasteiger partial charge in [0.1, 0.15) is 16.4 Å². The van der Waals surface area contributed by atoms with Crippen molar-refractivity contribution in [3.05, 3.63) is 48.0 Å². The predicted molar refractivity (Wildman–Crippen MR) is 99.3 cm³/mol. The molecule has 0 saturated heterocycles. The maximum atomic E-state index is 11.6. The number of benzene rings is 2. The van der Waals surface area contributed by atoms with Crippen molar-refractivity contribution in [3.8, 4) is 17.2 Å². The fourth-order valence-electron chi connectivity index (χ4n) is 2.77. The largest absolute Gasteiger partial charge is 1.00 e. The van der Waals surface area contributed by atoms with Gasteiger partial charge in [-0.15, -0.1) is 5.75 Å². The van der Waals surface area contributed by atoms with Gasteiger partial charge in [0.05, 0.1) is 0 Å². The average Bonchev–Trinajstić information content (AvgIpc) is 2.57. The Morgan fingerprint density at radius 2 is 1.70 bits per heavy atom. The fourth-order valence-corrected chi connectivity index (χ4v) is 3.37. The number of aryl methyl sites for hydroxylation is 1. The van der Waals surface area contributed by atoms with Crippen LogP contribution in [0.25, 0.3) is 0 Å². The molecule has 0 bridgehead atoms. The third kappa shape index (κ3) is 8.64. The summed E-state index contributed by atoms with van der Waals surface area (Å²) in [5.74, 6) is 0.0276. The van der Waals surface area contributed by atoms with Crippen LogP contribution in [0, 0.1) is 0 Å². The third-order valence-electron chi connectivity index (χ3n) is 4.14. The molecule has 0 fully saturated rings. The maximum absolute atomic E-state index is 11.6. The van der Waals surface area contributed by atoms with Crippen LogP contribution in [0.5, 0.6) is 17.2 Å². The SMILES string of the molecule is CCCCCCCCc1ccc(S(=O)(=O)O)c(Oc2cccc([O-])c2)c1.[K+]. The van der Waals surface area contributed by atoms with Crippen LogP contribution in [-0.2, 0) is 16.5 Å². The van der Waals surface area contributed by atoms with Gasteiger partial charge in [-0.1, -0.05) is 57.2 Å². The van der Waals surface area contributed by atoms with E-state index in [2.05, 4.69) is 6.92 Å². The molecule has 2 aromatic carbocycles. The van der Waals surface area contributed by atoms with Crippen molar-refractivity contribution in [1.29, 1.82) is 0 Å². The predicted octanol–water partition coefficient (Wildman–Crippen LogP) is 1.71. The van der Waals surface area contributed by atoms with Crippen LogP contribution in [0.4, 0.5) is 0 Å². The summed E-state index contributed by atoms with van der Waals surface area (Å²) in [5.41, 5.74) is 0.932.